The number of hydrogen-bond donors (Lipinski definition) is 1. The number of carbonyl (C=O) groups is 1. The van der Waals surface area contributed by atoms with E-state index >= 15 is 0 Å². The van der Waals surface area contributed by atoms with Gasteiger partial charge in [0.05, 0.1) is 12.2 Å². The van der Waals surface area contributed by atoms with Crippen molar-refractivity contribution in [2.45, 2.75) is 33.7 Å². The molecule has 0 fully saturated rings. The van der Waals surface area contributed by atoms with Crippen LogP contribution in [0.1, 0.15) is 33.6 Å². The number of benzene rings is 1. The molecule has 1 aromatic carbocycles. The summed E-state index contributed by atoms with van der Waals surface area (Å²) in [4.78, 5) is 16.2. The molecule has 5 heteroatoms. The molecule has 0 unspecified atom stereocenters. The van der Waals surface area contributed by atoms with Crippen molar-refractivity contribution in [1.29, 1.82) is 0 Å². The van der Waals surface area contributed by atoms with E-state index < -0.39 is 0 Å². The monoisotopic (exact) mass is 374 g/mol. The smallest absolute Gasteiger partial charge is 0.244 e. The lowest BCUT2D eigenvalue weighted by Gasteiger charge is -2.05. The molecule has 0 atom stereocenters. The molecule has 2 heterocycles. The van der Waals surface area contributed by atoms with E-state index in [1.54, 1.807) is 12.3 Å². The summed E-state index contributed by atoms with van der Waals surface area (Å²) < 4.78 is 1.99. The number of nitrogens with one attached hydrogen (secondary N) is 1. The molecule has 1 N–H and O–H groups in total. The number of carbonyl (C=O) groups excluding carboxylic acids is 1. The van der Waals surface area contributed by atoms with Gasteiger partial charge in [-0.3, -0.25) is 14.5 Å². The summed E-state index contributed by atoms with van der Waals surface area (Å²) in [6.07, 6.45) is 7.75. The third-order valence-electron chi connectivity index (χ3n) is 4.73. The molecular weight excluding hydrogens is 348 g/mol. The number of amides is 1. The summed E-state index contributed by atoms with van der Waals surface area (Å²) in [5, 5.41) is 7.55. The SMILES string of the molecule is Cc1ccc(Cn2nc(C)c(/C=C/C(=O)NCCc3cccnc3)c2C)cc1. The van der Waals surface area contributed by atoms with Gasteiger partial charge in [0.15, 0.2) is 0 Å². The van der Waals surface area contributed by atoms with Gasteiger partial charge in [-0.25, -0.2) is 0 Å². The first-order valence-electron chi connectivity index (χ1n) is 9.47. The highest BCUT2D eigenvalue weighted by Crippen LogP contribution is 2.16. The molecule has 0 saturated carbocycles. The Labute approximate surface area is 166 Å². The van der Waals surface area contributed by atoms with Gasteiger partial charge in [0.25, 0.3) is 0 Å². The molecule has 0 bridgehead atoms. The number of aryl methyl sites for hydroxylation is 2. The van der Waals surface area contributed by atoms with E-state index in [0.29, 0.717) is 6.54 Å². The molecule has 3 aromatic rings. The molecule has 28 heavy (non-hydrogen) atoms. The first kappa shape index (κ1) is 19.5. The van der Waals surface area contributed by atoms with Gasteiger partial charge in [0.1, 0.15) is 0 Å². The van der Waals surface area contributed by atoms with E-state index in [1.165, 1.54) is 11.1 Å². The molecule has 3 rings (SSSR count). The predicted molar refractivity (Wildman–Crippen MR) is 112 cm³/mol. The molecule has 0 radical (unpaired) electrons. The van der Waals surface area contributed by atoms with E-state index in [1.807, 2.05) is 42.9 Å². The quantitative estimate of drug-likeness (QED) is 0.643. The fourth-order valence-corrected chi connectivity index (χ4v) is 3.07. The first-order chi connectivity index (χ1) is 13.5. The van der Waals surface area contributed by atoms with E-state index in [4.69, 9.17) is 0 Å². The summed E-state index contributed by atoms with van der Waals surface area (Å²) >= 11 is 0. The number of pyridine rings is 1. The van der Waals surface area contributed by atoms with E-state index in [9.17, 15) is 4.79 Å². The van der Waals surface area contributed by atoms with Crippen LogP contribution in [0.4, 0.5) is 0 Å². The molecule has 0 saturated heterocycles. The summed E-state index contributed by atoms with van der Waals surface area (Å²) in [5.74, 6) is -0.103. The largest absolute Gasteiger partial charge is 0.352 e. The summed E-state index contributed by atoms with van der Waals surface area (Å²) in [6, 6.07) is 12.4. The van der Waals surface area contributed by atoms with Gasteiger partial charge in [-0.1, -0.05) is 35.9 Å². The van der Waals surface area contributed by atoms with Crippen LogP contribution in [-0.4, -0.2) is 27.2 Å². The second kappa shape index (κ2) is 9.13. The van der Waals surface area contributed by atoms with Gasteiger partial charge < -0.3 is 5.32 Å². The van der Waals surface area contributed by atoms with Gasteiger partial charge >= 0.3 is 0 Å². The summed E-state index contributed by atoms with van der Waals surface area (Å²) in [7, 11) is 0. The fourth-order valence-electron chi connectivity index (χ4n) is 3.07. The molecule has 0 aliphatic heterocycles. The maximum absolute atomic E-state index is 12.1. The standard InChI is InChI=1S/C23H26N4O/c1-17-6-8-21(9-7-17)16-27-19(3)22(18(2)26-27)10-11-23(28)25-14-12-20-5-4-13-24-15-20/h4-11,13,15H,12,14,16H2,1-3H3,(H,25,28)/b11-10+. The normalized spacial score (nSPS) is 11.1. The minimum absolute atomic E-state index is 0.103. The number of nitrogens with zero attached hydrogens (tertiary/aromatic N) is 3. The highest BCUT2D eigenvalue weighted by atomic mass is 16.1. The lowest BCUT2D eigenvalue weighted by atomic mass is 10.1. The average molecular weight is 374 g/mol. The second-order valence-electron chi connectivity index (χ2n) is 6.96. The van der Waals surface area contributed by atoms with Gasteiger partial charge in [0, 0.05) is 36.3 Å². The van der Waals surface area contributed by atoms with E-state index in [-0.39, 0.29) is 5.91 Å². The Morgan fingerprint density at radius 2 is 1.89 bits per heavy atom. The zero-order valence-electron chi connectivity index (χ0n) is 16.6. The number of rotatable bonds is 7. The molecule has 2 aromatic heterocycles. The number of hydrogen-bond acceptors (Lipinski definition) is 3. The number of aromatic nitrogens is 3. The van der Waals surface area contributed by atoms with Crippen LogP contribution in [-0.2, 0) is 17.8 Å². The van der Waals surface area contributed by atoms with Crippen molar-refractivity contribution >= 4 is 12.0 Å². The van der Waals surface area contributed by atoms with Crippen molar-refractivity contribution in [3.8, 4) is 0 Å². The lowest BCUT2D eigenvalue weighted by molar-refractivity contribution is -0.116. The van der Waals surface area contributed by atoms with Crippen LogP contribution in [0.2, 0.25) is 0 Å². The van der Waals surface area contributed by atoms with Crippen LogP contribution in [0.3, 0.4) is 0 Å². The maximum atomic E-state index is 12.1. The van der Waals surface area contributed by atoms with Gasteiger partial charge in [-0.05, 0) is 50.5 Å². The van der Waals surface area contributed by atoms with Crippen molar-refractivity contribution in [2.24, 2.45) is 0 Å². The Bertz CT molecular complexity index is 956. The lowest BCUT2D eigenvalue weighted by Crippen LogP contribution is -2.23. The zero-order valence-corrected chi connectivity index (χ0v) is 16.6. The highest BCUT2D eigenvalue weighted by molar-refractivity contribution is 5.92. The van der Waals surface area contributed by atoms with Gasteiger partial charge in [0.2, 0.25) is 5.91 Å². The van der Waals surface area contributed by atoms with Crippen molar-refractivity contribution in [1.82, 2.24) is 20.1 Å². The van der Waals surface area contributed by atoms with Gasteiger partial charge in [-0.15, -0.1) is 0 Å². The Balaban J connectivity index is 1.59. The van der Waals surface area contributed by atoms with Crippen LogP contribution in [0.25, 0.3) is 6.08 Å². The minimum atomic E-state index is -0.103. The summed E-state index contributed by atoms with van der Waals surface area (Å²) in [5.41, 5.74) is 6.53. The predicted octanol–water partition coefficient (Wildman–Crippen LogP) is 3.62. The zero-order chi connectivity index (χ0) is 19.9. The van der Waals surface area contributed by atoms with Gasteiger partial charge in [-0.2, -0.15) is 5.10 Å². The van der Waals surface area contributed by atoms with Crippen molar-refractivity contribution in [3.63, 3.8) is 0 Å². The first-order valence-corrected chi connectivity index (χ1v) is 9.47. The topological polar surface area (TPSA) is 59.8 Å². The fraction of sp³-hybridized carbons (Fsp3) is 0.261. The molecule has 0 spiro atoms. The van der Waals surface area contributed by atoms with Crippen molar-refractivity contribution in [3.05, 3.63) is 88.5 Å². The highest BCUT2D eigenvalue weighted by Gasteiger charge is 2.10. The minimum Gasteiger partial charge on any atom is -0.352 e. The molecule has 144 valence electrons. The van der Waals surface area contributed by atoms with Crippen LogP contribution in [0, 0.1) is 20.8 Å². The van der Waals surface area contributed by atoms with Crippen LogP contribution >= 0.6 is 0 Å². The Morgan fingerprint density at radius 1 is 1.11 bits per heavy atom. The molecule has 0 aliphatic carbocycles. The third-order valence-corrected chi connectivity index (χ3v) is 4.73. The van der Waals surface area contributed by atoms with Crippen LogP contribution in [0.5, 0.6) is 0 Å². The summed E-state index contributed by atoms with van der Waals surface area (Å²) in [6.45, 7) is 7.39. The maximum Gasteiger partial charge on any atom is 0.244 e. The molecule has 0 aliphatic rings. The van der Waals surface area contributed by atoms with Crippen molar-refractivity contribution in [2.75, 3.05) is 6.54 Å². The van der Waals surface area contributed by atoms with Crippen LogP contribution < -0.4 is 5.32 Å². The second-order valence-corrected chi connectivity index (χ2v) is 6.96. The Morgan fingerprint density at radius 3 is 2.61 bits per heavy atom. The van der Waals surface area contributed by atoms with Crippen LogP contribution in [0.15, 0.2) is 54.9 Å². The Kier molecular flexibility index (Phi) is 6.37. The molecule has 1 amide bonds. The Hall–Kier alpha value is -3.21. The molecule has 5 nitrogen and oxygen atoms in total. The van der Waals surface area contributed by atoms with E-state index in [2.05, 4.69) is 46.6 Å². The third kappa shape index (κ3) is 5.16. The molecular formula is C23H26N4O. The van der Waals surface area contributed by atoms with E-state index in [0.717, 1.165) is 35.5 Å². The average Bonchev–Trinajstić information content (AvgIpc) is 2.96. The van der Waals surface area contributed by atoms with Crippen molar-refractivity contribution < 1.29 is 4.79 Å².